The molecular weight excluding hydrogens is 152 g/mol. The van der Waals surface area contributed by atoms with Gasteiger partial charge in [0, 0.05) is 6.20 Å². The zero-order valence-corrected chi connectivity index (χ0v) is 7.16. The van der Waals surface area contributed by atoms with Crippen LogP contribution in [0.5, 0.6) is 0 Å². The maximum Gasteiger partial charge on any atom is 0.153 e. The molecule has 0 amide bonds. The van der Waals surface area contributed by atoms with E-state index < -0.39 is 0 Å². The lowest BCUT2D eigenvalue weighted by Crippen LogP contribution is -2.17. The summed E-state index contributed by atoms with van der Waals surface area (Å²) in [6.45, 7) is 1.87. The zero-order chi connectivity index (χ0) is 8.55. The third-order valence-corrected chi connectivity index (χ3v) is 2.53. The Balaban J connectivity index is 2.27. The molecule has 1 saturated carbocycles. The summed E-state index contributed by atoms with van der Waals surface area (Å²) in [5, 5.41) is 4.29. The van der Waals surface area contributed by atoms with Gasteiger partial charge in [-0.05, 0) is 26.2 Å². The van der Waals surface area contributed by atoms with E-state index in [1.807, 2.05) is 17.8 Å². The van der Waals surface area contributed by atoms with Gasteiger partial charge in [-0.2, -0.15) is 5.10 Å². The second-order valence-corrected chi connectivity index (χ2v) is 3.35. The molecule has 0 aliphatic heterocycles. The van der Waals surface area contributed by atoms with Gasteiger partial charge in [0.05, 0.1) is 17.3 Å². The van der Waals surface area contributed by atoms with E-state index in [-0.39, 0.29) is 0 Å². The summed E-state index contributed by atoms with van der Waals surface area (Å²) < 4.78 is 1.93. The minimum absolute atomic E-state index is 0.553. The number of aromatic nitrogens is 2. The van der Waals surface area contributed by atoms with Crippen LogP contribution < -0.4 is 0 Å². The summed E-state index contributed by atoms with van der Waals surface area (Å²) >= 11 is 0. The fourth-order valence-electron chi connectivity index (χ4n) is 1.45. The molecule has 0 saturated heterocycles. The molecule has 0 aromatic carbocycles. The molecule has 12 heavy (non-hydrogen) atoms. The van der Waals surface area contributed by atoms with E-state index in [4.69, 9.17) is 0 Å². The van der Waals surface area contributed by atoms with E-state index in [1.165, 1.54) is 19.3 Å². The van der Waals surface area contributed by atoms with E-state index in [1.54, 1.807) is 0 Å². The molecule has 3 nitrogen and oxygen atoms in total. The summed E-state index contributed by atoms with van der Waals surface area (Å²) in [7, 11) is 0. The number of rotatable bonds is 2. The molecule has 2 rings (SSSR count). The van der Waals surface area contributed by atoms with Gasteiger partial charge in [0.2, 0.25) is 0 Å². The van der Waals surface area contributed by atoms with E-state index in [0.717, 1.165) is 17.5 Å². The molecule has 1 aromatic heterocycles. The molecule has 0 N–H and O–H groups in total. The van der Waals surface area contributed by atoms with Gasteiger partial charge in [-0.1, -0.05) is 0 Å². The fraction of sp³-hybridized carbons (Fsp3) is 0.556. The summed E-state index contributed by atoms with van der Waals surface area (Å²) in [5.74, 6) is 0. The largest absolute Gasteiger partial charge is 0.298 e. The highest BCUT2D eigenvalue weighted by Crippen LogP contribution is 2.31. The number of aryl methyl sites for hydroxylation is 1. The average Bonchev–Trinajstić information content (AvgIpc) is 2.27. The Kier molecular flexibility index (Phi) is 1.71. The second kappa shape index (κ2) is 2.73. The van der Waals surface area contributed by atoms with Crippen molar-refractivity contribution in [1.29, 1.82) is 0 Å². The normalized spacial score (nSPS) is 17.4. The van der Waals surface area contributed by atoms with Crippen LogP contribution in [-0.4, -0.2) is 16.1 Å². The summed E-state index contributed by atoms with van der Waals surface area (Å²) in [6, 6.07) is 0.553. The zero-order valence-electron chi connectivity index (χ0n) is 7.16. The summed E-state index contributed by atoms with van der Waals surface area (Å²) in [4.78, 5) is 10.5. The molecular formula is C9H12N2O. The average molecular weight is 164 g/mol. The van der Waals surface area contributed by atoms with Crippen molar-refractivity contribution >= 4 is 6.29 Å². The number of nitrogens with zero attached hydrogens (tertiary/aromatic N) is 2. The van der Waals surface area contributed by atoms with Crippen LogP contribution in [0.3, 0.4) is 0 Å². The van der Waals surface area contributed by atoms with Crippen molar-refractivity contribution in [2.24, 2.45) is 0 Å². The molecule has 1 aromatic rings. The van der Waals surface area contributed by atoms with Gasteiger partial charge in [-0.3, -0.25) is 9.48 Å². The van der Waals surface area contributed by atoms with Crippen LogP contribution in [0.4, 0.5) is 0 Å². The van der Waals surface area contributed by atoms with Crippen molar-refractivity contribution in [1.82, 2.24) is 9.78 Å². The van der Waals surface area contributed by atoms with Crippen molar-refractivity contribution in [2.45, 2.75) is 32.2 Å². The lowest BCUT2D eigenvalue weighted by atomic mass is 9.93. The van der Waals surface area contributed by atoms with Gasteiger partial charge in [0.25, 0.3) is 0 Å². The highest BCUT2D eigenvalue weighted by Gasteiger charge is 2.20. The molecule has 3 heteroatoms. The monoisotopic (exact) mass is 164 g/mol. The van der Waals surface area contributed by atoms with Gasteiger partial charge < -0.3 is 0 Å². The number of carbonyl (C=O) groups is 1. The van der Waals surface area contributed by atoms with Crippen molar-refractivity contribution in [3.8, 4) is 0 Å². The minimum atomic E-state index is 0.553. The van der Waals surface area contributed by atoms with Crippen LogP contribution >= 0.6 is 0 Å². The Labute approximate surface area is 71.4 Å². The fourth-order valence-corrected chi connectivity index (χ4v) is 1.45. The maximum atomic E-state index is 10.5. The van der Waals surface area contributed by atoms with Crippen molar-refractivity contribution in [3.63, 3.8) is 0 Å². The van der Waals surface area contributed by atoms with Gasteiger partial charge in [0.1, 0.15) is 0 Å². The number of hydrogen-bond donors (Lipinski definition) is 0. The Hall–Kier alpha value is -1.12. The first kappa shape index (κ1) is 7.53. The van der Waals surface area contributed by atoms with Crippen molar-refractivity contribution in [2.75, 3.05) is 0 Å². The smallest absolute Gasteiger partial charge is 0.153 e. The predicted molar refractivity (Wildman–Crippen MR) is 45.2 cm³/mol. The molecule has 0 bridgehead atoms. The Morgan fingerprint density at radius 1 is 1.67 bits per heavy atom. The van der Waals surface area contributed by atoms with E-state index in [0.29, 0.717) is 6.04 Å². The molecule has 64 valence electrons. The SMILES string of the molecule is Cc1nn(C2CCC2)cc1C=O. The Morgan fingerprint density at radius 3 is 2.83 bits per heavy atom. The quantitative estimate of drug-likeness (QED) is 0.624. The van der Waals surface area contributed by atoms with Crippen LogP contribution in [-0.2, 0) is 0 Å². The van der Waals surface area contributed by atoms with Crippen LogP contribution in [0.2, 0.25) is 0 Å². The van der Waals surface area contributed by atoms with Crippen LogP contribution in [0.25, 0.3) is 0 Å². The molecule has 0 spiro atoms. The summed E-state index contributed by atoms with van der Waals surface area (Å²) in [6.07, 6.45) is 6.43. The highest BCUT2D eigenvalue weighted by molar-refractivity contribution is 5.75. The molecule has 1 aliphatic rings. The molecule has 1 fully saturated rings. The summed E-state index contributed by atoms with van der Waals surface area (Å²) in [5.41, 5.74) is 1.57. The predicted octanol–water partition coefficient (Wildman–Crippen LogP) is 1.73. The lowest BCUT2D eigenvalue weighted by Gasteiger charge is -2.25. The Bertz CT molecular complexity index is 299. The van der Waals surface area contributed by atoms with E-state index in [9.17, 15) is 4.79 Å². The first-order valence-electron chi connectivity index (χ1n) is 4.32. The van der Waals surface area contributed by atoms with Crippen molar-refractivity contribution in [3.05, 3.63) is 17.5 Å². The first-order valence-corrected chi connectivity index (χ1v) is 4.32. The third kappa shape index (κ3) is 1.05. The molecule has 1 heterocycles. The number of carbonyl (C=O) groups excluding carboxylic acids is 1. The topological polar surface area (TPSA) is 34.9 Å². The number of hydrogen-bond acceptors (Lipinski definition) is 2. The van der Waals surface area contributed by atoms with E-state index >= 15 is 0 Å². The molecule has 0 unspecified atom stereocenters. The standard InChI is InChI=1S/C9H12N2O/c1-7-8(6-12)5-11(10-7)9-3-2-4-9/h5-6,9H,2-4H2,1H3. The minimum Gasteiger partial charge on any atom is -0.298 e. The van der Waals surface area contributed by atoms with Gasteiger partial charge >= 0.3 is 0 Å². The Morgan fingerprint density at radius 2 is 2.42 bits per heavy atom. The van der Waals surface area contributed by atoms with Gasteiger partial charge in [-0.25, -0.2) is 0 Å². The third-order valence-electron chi connectivity index (χ3n) is 2.53. The van der Waals surface area contributed by atoms with E-state index in [2.05, 4.69) is 5.10 Å². The molecule has 1 aliphatic carbocycles. The highest BCUT2D eigenvalue weighted by atomic mass is 16.1. The molecule has 0 radical (unpaired) electrons. The van der Waals surface area contributed by atoms with Crippen molar-refractivity contribution < 1.29 is 4.79 Å². The lowest BCUT2D eigenvalue weighted by molar-refractivity contribution is 0.112. The van der Waals surface area contributed by atoms with Crippen LogP contribution in [0.15, 0.2) is 6.20 Å². The van der Waals surface area contributed by atoms with Crippen LogP contribution in [0.1, 0.15) is 41.4 Å². The maximum absolute atomic E-state index is 10.5. The van der Waals surface area contributed by atoms with Gasteiger partial charge in [0.15, 0.2) is 6.29 Å². The number of aldehydes is 1. The second-order valence-electron chi connectivity index (χ2n) is 3.35. The van der Waals surface area contributed by atoms with Gasteiger partial charge in [-0.15, -0.1) is 0 Å². The first-order chi connectivity index (χ1) is 5.81. The van der Waals surface area contributed by atoms with Crippen LogP contribution in [0, 0.1) is 6.92 Å². The molecule has 0 atom stereocenters.